The SMILES string of the molecule is CC(C)CCCCCCCCCCCCCCC(=O)O[C@H](COC(=O)CCCCCCCCCC(C)C)COP(=O)(O)OCC(O)COP(=O)(O)OC[C@@H](COC(=O)CCCCCCCCCCCCCC(C)C)OC(=O)CCCCCCCCCC(C)C. The molecule has 0 aliphatic rings. The Morgan fingerprint density at radius 2 is 0.472 bits per heavy atom. The van der Waals surface area contributed by atoms with Crippen LogP contribution in [-0.4, -0.2) is 96.7 Å². The van der Waals surface area contributed by atoms with Gasteiger partial charge in [0.2, 0.25) is 0 Å². The molecule has 0 aromatic carbocycles. The van der Waals surface area contributed by atoms with Gasteiger partial charge >= 0.3 is 39.5 Å². The molecule has 0 spiro atoms. The van der Waals surface area contributed by atoms with Gasteiger partial charge in [-0.25, -0.2) is 9.13 Å². The molecule has 0 saturated heterocycles. The van der Waals surface area contributed by atoms with Crippen LogP contribution < -0.4 is 0 Å². The summed E-state index contributed by atoms with van der Waals surface area (Å²) in [5.41, 5.74) is 0. The van der Waals surface area contributed by atoms with E-state index >= 15 is 0 Å². The molecule has 3 N–H and O–H groups in total. The van der Waals surface area contributed by atoms with Gasteiger partial charge in [0, 0.05) is 25.7 Å². The van der Waals surface area contributed by atoms with Gasteiger partial charge in [0.15, 0.2) is 12.2 Å². The maximum Gasteiger partial charge on any atom is 0.472 e. The molecule has 528 valence electrons. The lowest BCUT2D eigenvalue weighted by Crippen LogP contribution is -2.30. The summed E-state index contributed by atoms with van der Waals surface area (Å²) in [5, 5.41) is 10.6. The molecule has 0 aliphatic heterocycles. The Morgan fingerprint density at radius 3 is 0.697 bits per heavy atom. The van der Waals surface area contributed by atoms with E-state index < -0.39 is 97.5 Å². The Labute approximate surface area is 543 Å². The van der Waals surface area contributed by atoms with Gasteiger partial charge in [-0.3, -0.25) is 37.3 Å². The summed E-state index contributed by atoms with van der Waals surface area (Å²) < 4.78 is 68.2. The third-order valence-corrected chi connectivity index (χ3v) is 18.0. The molecule has 0 fully saturated rings. The fraction of sp³-hybridized carbons (Fsp3) is 0.943. The van der Waals surface area contributed by atoms with Gasteiger partial charge in [-0.1, -0.05) is 293 Å². The van der Waals surface area contributed by atoms with Crippen LogP contribution in [-0.2, 0) is 65.4 Å². The molecule has 89 heavy (non-hydrogen) atoms. The van der Waals surface area contributed by atoms with Crippen LogP contribution in [0.1, 0.15) is 344 Å². The van der Waals surface area contributed by atoms with Crippen molar-refractivity contribution >= 4 is 39.5 Å². The van der Waals surface area contributed by atoms with Crippen molar-refractivity contribution in [2.75, 3.05) is 39.6 Å². The van der Waals surface area contributed by atoms with Crippen molar-refractivity contribution in [3.63, 3.8) is 0 Å². The van der Waals surface area contributed by atoms with E-state index in [1.165, 1.54) is 141 Å². The number of aliphatic hydroxyl groups is 1. The summed E-state index contributed by atoms with van der Waals surface area (Å²) in [5.74, 6) is 0.817. The molecule has 0 amide bonds. The number of aliphatic hydroxyl groups excluding tert-OH is 1. The molecular formula is C70H136O17P2. The topological polar surface area (TPSA) is 237 Å². The first-order valence-corrected chi connectivity index (χ1v) is 39.2. The van der Waals surface area contributed by atoms with Gasteiger partial charge in [0.25, 0.3) is 0 Å². The summed E-state index contributed by atoms with van der Waals surface area (Å²) in [7, 11) is -9.90. The van der Waals surface area contributed by atoms with E-state index in [9.17, 15) is 43.2 Å². The number of hydrogen-bond donors (Lipinski definition) is 3. The van der Waals surface area contributed by atoms with Gasteiger partial charge < -0.3 is 33.8 Å². The highest BCUT2D eigenvalue weighted by atomic mass is 31.2. The molecule has 19 heteroatoms. The summed E-state index contributed by atoms with van der Waals surface area (Å²) in [6.07, 6.45) is 41.8. The van der Waals surface area contributed by atoms with E-state index in [1.807, 2.05) is 0 Å². The Bertz CT molecular complexity index is 1760. The van der Waals surface area contributed by atoms with Crippen LogP contribution in [0.5, 0.6) is 0 Å². The predicted octanol–water partition coefficient (Wildman–Crippen LogP) is 19.7. The highest BCUT2D eigenvalue weighted by molar-refractivity contribution is 7.47. The van der Waals surface area contributed by atoms with Crippen molar-refractivity contribution < 1.29 is 80.2 Å². The quantitative estimate of drug-likeness (QED) is 0.0222. The molecule has 0 saturated carbocycles. The van der Waals surface area contributed by atoms with Crippen molar-refractivity contribution in [1.82, 2.24) is 0 Å². The zero-order chi connectivity index (χ0) is 66.1. The molecule has 0 radical (unpaired) electrons. The maximum atomic E-state index is 13.0. The molecule has 0 aromatic heterocycles. The first-order chi connectivity index (χ1) is 42.6. The number of carbonyl (C=O) groups excluding carboxylic acids is 4. The van der Waals surface area contributed by atoms with Gasteiger partial charge in [-0.15, -0.1) is 0 Å². The summed E-state index contributed by atoms with van der Waals surface area (Å²) in [6.45, 7) is 14.0. The number of phosphoric acid groups is 2. The molecule has 3 unspecified atom stereocenters. The summed E-state index contributed by atoms with van der Waals surface area (Å²) in [6, 6.07) is 0. The summed E-state index contributed by atoms with van der Waals surface area (Å²) >= 11 is 0. The molecule has 17 nitrogen and oxygen atoms in total. The van der Waals surface area contributed by atoms with Gasteiger partial charge in [-0.2, -0.15) is 0 Å². The fourth-order valence-corrected chi connectivity index (χ4v) is 12.1. The molecule has 0 heterocycles. The number of phosphoric ester groups is 2. The lowest BCUT2D eigenvalue weighted by Gasteiger charge is -2.21. The van der Waals surface area contributed by atoms with Crippen molar-refractivity contribution in [3.8, 4) is 0 Å². The Kier molecular flexibility index (Phi) is 58.5. The van der Waals surface area contributed by atoms with E-state index in [-0.39, 0.29) is 25.7 Å². The Morgan fingerprint density at radius 1 is 0.281 bits per heavy atom. The minimum atomic E-state index is -4.95. The number of esters is 4. The van der Waals surface area contributed by atoms with Crippen LogP contribution in [0.3, 0.4) is 0 Å². The first-order valence-electron chi connectivity index (χ1n) is 36.2. The predicted molar refractivity (Wildman–Crippen MR) is 358 cm³/mol. The monoisotopic (exact) mass is 1310 g/mol. The van der Waals surface area contributed by atoms with Crippen LogP contribution in [0.2, 0.25) is 0 Å². The van der Waals surface area contributed by atoms with Crippen LogP contribution >= 0.6 is 15.6 Å². The molecule has 0 rings (SSSR count). The smallest absolute Gasteiger partial charge is 0.462 e. The van der Waals surface area contributed by atoms with E-state index in [4.69, 9.17) is 37.0 Å². The van der Waals surface area contributed by atoms with Crippen molar-refractivity contribution in [3.05, 3.63) is 0 Å². The molecule has 5 atom stereocenters. The second-order valence-electron chi connectivity index (χ2n) is 27.2. The lowest BCUT2D eigenvalue weighted by molar-refractivity contribution is -0.161. The highest BCUT2D eigenvalue weighted by Crippen LogP contribution is 2.45. The van der Waals surface area contributed by atoms with Crippen molar-refractivity contribution in [2.45, 2.75) is 363 Å². The zero-order valence-electron chi connectivity index (χ0n) is 58.1. The normalized spacial score (nSPS) is 14.3. The third kappa shape index (κ3) is 64.6. The Hall–Kier alpha value is -1.94. The van der Waals surface area contributed by atoms with Gasteiger partial charge in [0.05, 0.1) is 26.4 Å². The largest absolute Gasteiger partial charge is 0.472 e. The standard InChI is InChI=1S/C70H136O17P2/c1-60(2)46-38-30-22-16-12-9-10-14-19-27-36-44-52-69(74)86-65(57-81-68(73)51-43-35-28-20-24-32-40-48-62(5)6)58-84-88(76,77)82-54-64(71)55-83-89(78,79)85-59-66(87-70(75)53-45-37-29-21-25-33-41-49-63(7)8)56-80-67(72)50-42-34-26-18-15-11-13-17-23-31-39-47-61(3)4/h60-66,71H,9-59H2,1-8H3,(H,76,77)(H,78,79)/t64?,65-,66-/m1/s1. The van der Waals surface area contributed by atoms with Crippen molar-refractivity contribution in [1.29, 1.82) is 0 Å². The maximum absolute atomic E-state index is 13.0. The minimum absolute atomic E-state index is 0.103. The summed E-state index contributed by atoms with van der Waals surface area (Å²) in [4.78, 5) is 72.5. The second-order valence-corrected chi connectivity index (χ2v) is 30.1. The minimum Gasteiger partial charge on any atom is -0.462 e. The molecule has 0 bridgehead atoms. The van der Waals surface area contributed by atoms with Gasteiger partial charge in [-0.05, 0) is 49.4 Å². The van der Waals surface area contributed by atoms with E-state index in [0.29, 0.717) is 37.5 Å². The van der Waals surface area contributed by atoms with E-state index in [2.05, 4.69) is 55.4 Å². The first kappa shape index (κ1) is 87.1. The number of unbranched alkanes of at least 4 members (excludes halogenated alkanes) is 33. The van der Waals surface area contributed by atoms with E-state index in [0.717, 1.165) is 108 Å². The molecular weight excluding hydrogens is 1170 g/mol. The van der Waals surface area contributed by atoms with E-state index in [1.54, 1.807) is 0 Å². The second kappa shape index (κ2) is 59.8. The van der Waals surface area contributed by atoms with Crippen molar-refractivity contribution in [2.24, 2.45) is 23.7 Å². The number of rotatable bonds is 67. The number of ether oxygens (including phenoxy) is 4. The average molecular weight is 1310 g/mol. The van der Waals surface area contributed by atoms with Crippen LogP contribution in [0, 0.1) is 23.7 Å². The van der Waals surface area contributed by atoms with Crippen LogP contribution in [0.25, 0.3) is 0 Å². The zero-order valence-corrected chi connectivity index (χ0v) is 59.8. The highest BCUT2D eigenvalue weighted by Gasteiger charge is 2.30. The van der Waals surface area contributed by atoms with Crippen LogP contribution in [0.15, 0.2) is 0 Å². The average Bonchev–Trinajstić information content (AvgIpc) is 3.63. The van der Waals surface area contributed by atoms with Crippen LogP contribution in [0.4, 0.5) is 0 Å². The number of carbonyl (C=O) groups is 4. The Balaban J connectivity index is 5.23. The number of hydrogen-bond acceptors (Lipinski definition) is 15. The lowest BCUT2D eigenvalue weighted by atomic mass is 10.0. The fourth-order valence-electron chi connectivity index (χ4n) is 10.5. The molecule has 0 aromatic rings. The molecule has 0 aliphatic carbocycles. The van der Waals surface area contributed by atoms with Gasteiger partial charge in [0.1, 0.15) is 19.3 Å². The third-order valence-electron chi connectivity index (χ3n) is 16.1.